The van der Waals surface area contributed by atoms with E-state index in [1.165, 1.54) is 54.7 Å². The minimum absolute atomic E-state index is 0.0344. The van der Waals surface area contributed by atoms with Crippen molar-refractivity contribution in [1.29, 1.82) is 0 Å². The number of ether oxygens (including phenoxy) is 2. The van der Waals surface area contributed by atoms with Crippen molar-refractivity contribution in [2.75, 3.05) is 0 Å². The Morgan fingerprint density at radius 1 is 0.658 bits per heavy atom. The van der Waals surface area contributed by atoms with Crippen LogP contribution in [0.4, 0.5) is 0 Å². The van der Waals surface area contributed by atoms with Crippen molar-refractivity contribution in [2.24, 2.45) is 5.10 Å². The van der Waals surface area contributed by atoms with Crippen LogP contribution >= 0.6 is 34.8 Å². The van der Waals surface area contributed by atoms with Crippen LogP contribution in [0.2, 0.25) is 15.1 Å². The van der Waals surface area contributed by atoms with E-state index < -0.39 is 17.8 Å². The van der Waals surface area contributed by atoms with Gasteiger partial charge in [0.1, 0.15) is 11.5 Å². The lowest BCUT2D eigenvalue weighted by Crippen LogP contribution is -2.17. The molecule has 0 unspecified atom stereocenters. The Labute approximate surface area is 232 Å². The van der Waals surface area contributed by atoms with Crippen molar-refractivity contribution >= 4 is 58.9 Å². The molecule has 0 radical (unpaired) electrons. The molecule has 0 atom stereocenters. The van der Waals surface area contributed by atoms with Gasteiger partial charge in [0, 0.05) is 32.3 Å². The molecule has 1 N–H and O–H groups in total. The molecule has 7 nitrogen and oxygen atoms in total. The molecule has 0 aromatic heterocycles. The highest BCUT2D eigenvalue weighted by molar-refractivity contribution is 6.31. The number of carbonyl (C=O) groups is 3. The fourth-order valence-corrected chi connectivity index (χ4v) is 3.57. The molecule has 4 aromatic carbocycles. The minimum atomic E-state index is -0.680. The molecule has 0 aliphatic rings. The molecule has 4 rings (SSSR count). The van der Waals surface area contributed by atoms with E-state index in [4.69, 9.17) is 44.3 Å². The SMILES string of the molecule is O=C(N/N=C\c1ccc(OC(=O)c2ccc(Cl)cc2)cc1OC(=O)c1ccc(Cl)cc1)c1cccc(Cl)c1. The number of nitrogens with one attached hydrogen (secondary N) is 1. The second kappa shape index (κ2) is 12.4. The largest absolute Gasteiger partial charge is 0.423 e. The predicted molar refractivity (Wildman–Crippen MR) is 146 cm³/mol. The van der Waals surface area contributed by atoms with Crippen LogP contribution in [0, 0.1) is 0 Å². The lowest BCUT2D eigenvalue weighted by atomic mass is 10.2. The highest BCUT2D eigenvalue weighted by Gasteiger charge is 2.15. The second-order valence-corrected chi connectivity index (χ2v) is 9.01. The number of nitrogens with zero attached hydrogens (tertiary/aromatic N) is 1. The average Bonchev–Trinajstić information content (AvgIpc) is 2.90. The normalized spacial score (nSPS) is 10.7. The van der Waals surface area contributed by atoms with E-state index in [9.17, 15) is 14.4 Å². The monoisotopic (exact) mass is 566 g/mol. The van der Waals surface area contributed by atoms with Crippen LogP contribution in [0.3, 0.4) is 0 Å². The van der Waals surface area contributed by atoms with Crippen molar-refractivity contribution < 1.29 is 23.9 Å². The van der Waals surface area contributed by atoms with Crippen LogP contribution in [-0.4, -0.2) is 24.1 Å². The van der Waals surface area contributed by atoms with E-state index in [0.717, 1.165) is 0 Å². The lowest BCUT2D eigenvalue weighted by molar-refractivity contribution is 0.0732. The summed E-state index contributed by atoms with van der Waals surface area (Å²) in [5.74, 6) is -1.65. The minimum Gasteiger partial charge on any atom is -0.423 e. The zero-order valence-corrected chi connectivity index (χ0v) is 21.6. The van der Waals surface area contributed by atoms with Gasteiger partial charge in [0.2, 0.25) is 0 Å². The maximum Gasteiger partial charge on any atom is 0.343 e. The molecule has 1 amide bonds. The van der Waals surface area contributed by atoms with E-state index in [2.05, 4.69) is 10.5 Å². The number of rotatable bonds is 7. The van der Waals surface area contributed by atoms with Crippen LogP contribution in [0.5, 0.6) is 11.5 Å². The summed E-state index contributed by atoms with van der Waals surface area (Å²) in [7, 11) is 0. The van der Waals surface area contributed by atoms with E-state index in [-0.39, 0.29) is 22.6 Å². The van der Waals surface area contributed by atoms with Crippen LogP contribution < -0.4 is 14.9 Å². The third-order valence-electron chi connectivity index (χ3n) is 5.01. The zero-order valence-electron chi connectivity index (χ0n) is 19.4. The van der Waals surface area contributed by atoms with Gasteiger partial charge in [0.05, 0.1) is 17.3 Å². The third-order valence-corrected chi connectivity index (χ3v) is 5.75. The summed E-state index contributed by atoms with van der Waals surface area (Å²) < 4.78 is 11.0. The Balaban J connectivity index is 1.56. The third kappa shape index (κ3) is 7.20. The molecule has 190 valence electrons. The molecule has 10 heteroatoms. The summed E-state index contributed by atoms with van der Waals surface area (Å²) in [5.41, 5.74) is 3.55. The summed E-state index contributed by atoms with van der Waals surface area (Å²) in [6.07, 6.45) is 1.29. The first-order valence-electron chi connectivity index (χ1n) is 11.0. The zero-order chi connectivity index (χ0) is 27.1. The number of halogens is 3. The van der Waals surface area contributed by atoms with Crippen molar-refractivity contribution in [3.8, 4) is 11.5 Å². The lowest BCUT2D eigenvalue weighted by Gasteiger charge is -2.11. The number of hydrogen-bond donors (Lipinski definition) is 1. The van der Waals surface area contributed by atoms with Crippen LogP contribution in [0.25, 0.3) is 0 Å². The first-order valence-corrected chi connectivity index (χ1v) is 12.1. The Hall–Kier alpha value is -4.17. The summed E-state index contributed by atoms with van der Waals surface area (Å²) >= 11 is 17.7. The fraction of sp³-hybridized carbons (Fsp3) is 0. The Morgan fingerprint density at radius 2 is 1.26 bits per heavy atom. The summed E-state index contributed by atoms with van der Waals surface area (Å²) in [6, 6.07) is 23.0. The molecular weight excluding hydrogens is 551 g/mol. The molecule has 38 heavy (non-hydrogen) atoms. The van der Waals surface area contributed by atoms with E-state index >= 15 is 0 Å². The topological polar surface area (TPSA) is 94.1 Å². The van der Waals surface area contributed by atoms with Gasteiger partial charge in [-0.2, -0.15) is 5.10 Å². The first-order chi connectivity index (χ1) is 18.3. The van der Waals surface area contributed by atoms with Crippen molar-refractivity contribution in [2.45, 2.75) is 0 Å². The quantitative estimate of drug-likeness (QED) is 0.114. The summed E-state index contributed by atoms with van der Waals surface area (Å²) in [5, 5.41) is 5.29. The van der Waals surface area contributed by atoms with Crippen molar-refractivity contribution in [3.05, 3.63) is 128 Å². The first kappa shape index (κ1) is 26.9. The molecule has 0 spiro atoms. The van der Waals surface area contributed by atoms with Crippen molar-refractivity contribution in [3.63, 3.8) is 0 Å². The van der Waals surface area contributed by atoms with Gasteiger partial charge in [-0.3, -0.25) is 4.79 Å². The molecule has 0 bridgehead atoms. The smallest absolute Gasteiger partial charge is 0.343 e. The number of hydrazone groups is 1. The van der Waals surface area contributed by atoms with Gasteiger partial charge in [-0.1, -0.05) is 40.9 Å². The predicted octanol–water partition coefficient (Wildman–Crippen LogP) is 6.85. The van der Waals surface area contributed by atoms with E-state index in [0.29, 0.717) is 26.2 Å². The Kier molecular flexibility index (Phi) is 8.76. The number of benzene rings is 4. The number of amides is 1. The van der Waals surface area contributed by atoms with E-state index in [1.54, 1.807) is 42.5 Å². The van der Waals surface area contributed by atoms with Gasteiger partial charge >= 0.3 is 11.9 Å². The molecule has 0 heterocycles. The second-order valence-electron chi connectivity index (χ2n) is 7.70. The average molecular weight is 568 g/mol. The molecule has 0 aliphatic heterocycles. The fourth-order valence-electron chi connectivity index (χ4n) is 3.12. The molecule has 0 fully saturated rings. The van der Waals surface area contributed by atoms with Gasteiger partial charge in [0.25, 0.3) is 5.91 Å². The summed E-state index contributed by atoms with van der Waals surface area (Å²) in [4.78, 5) is 37.6. The number of carbonyl (C=O) groups excluding carboxylic acids is 3. The maximum atomic E-state index is 12.8. The number of hydrogen-bond acceptors (Lipinski definition) is 6. The van der Waals surface area contributed by atoms with E-state index in [1.807, 2.05) is 0 Å². The highest BCUT2D eigenvalue weighted by atomic mass is 35.5. The van der Waals surface area contributed by atoms with Crippen LogP contribution in [0.1, 0.15) is 36.6 Å². The molecule has 4 aromatic rings. The molecule has 0 saturated carbocycles. The van der Waals surface area contributed by atoms with Gasteiger partial charge in [0.15, 0.2) is 0 Å². The van der Waals surface area contributed by atoms with Crippen molar-refractivity contribution in [1.82, 2.24) is 5.43 Å². The molecular formula is C28H17Cl3N2O5. The van der Waals surface area contributed by atoms with Crippen LogP contribution in [-0.2, 0) is 0 Å². The molecule has 0 aliphatic carbocycles. The van der Waals surface area contributed by atoms with Gasteiger partial charge in [-0.15, -0.1) is 0 Å². The van der Waals surface area contributed by atoms with Gasteiger partial charge in [-0.05, 0) is 78.9 Å². The summed E-state index contributed by atoms with van der Waals surface area (Å²) in [6.45, 7) is 0. The molecule has 0 saturated heterocycles. The Bertz CT molecular complexity index is 1520. The van der Waals surface area contributed by atoms with Gasteiger partial charge < -0.3 is 9.47 Å². The Morgan fingerprint density at radius 3 is 1.87 bits per heavy atom. The van der Waals surface area contributed by atoms with Crippen LogP contribution in [0.15, 0.2) is 96.1 Å². The standard InChI is InChI=1S/C28H17Cl3N2O5/c29-21-9-4-17(5-10-21)27(35)37-24-13-8-20(16-32-33-26(34)19-2-1-3-23(31)14-19)25(15-24)38-28(36)18-6-11-22(30)12-7-18/h1-16H,(H,33,34)/b32-16-. The maximum absolute atomic E-state index is 12.8. The van der Waals surface area contributed by atoms with Gasteiger partial charge in [-0.25, -0.2) is 15.0 Å². The number of esters is 2. The highest BCUT2D eigenvalue weighted by Crippen LogP contribution is 2.26.